The Hall–Kier alpha value is -2.28. The average Bonchev–Trinajstić information content (AvgIpc) is 3.12. The molecule has 0 saturated heterocycles. The number of thiazole rings is 1. The molecule has 0 spiro atoms. The van der Waals surface area contributed by atoms with Gasteiger partial charge in [0.2, 0.25) is 0 Å². The lowest BCUT2D eigenvalue weighted by molar-refractivity contribution is 0.0955. The van der Waals surface area contributed by atoms with Gasteiger partial charge < -0.3 is 5.32 Å². The van der Waals surface area contributed by atoms with Crippen LogP contribution in [0.5, 0.6) is 0 Å². The van der Waals surface area contributed by atoms with Crippen LogP contribution in [0.25, 0.3) is 11.0 Å². The molecule has 6 nitrogen and oxygen atoms in total. The largest absolute Gasteiger partial charge is 0.352 e. The van der Waals surface area contributed by atoms with E-state index in [1.165, 1.54) is 0 Å². The minimum absolute atomic E-state index is 0.0965. The van der Waals surface area contributed by atoms with E-state index >= 15 is 0 Å². The van der Waals surface area contributed by atoms with Gasteiger partial charge in [-0.2, -0.15) is 5.10 Å². The normalized spacial score (nSPS) is 11.4. The Morgan fingerprint density at radius 3 is 2.79 bits per heavy atom. The Balaban J connectivity index is 1.79. The summed E-state index contributed by atoms with van der Waals surface area (Å²) >= 11 is 1.63. The van der Waals surface area contributed by atoms with E-state index in [0.29, 0.717) is 12.1 Å². The second kappa shape index (κ2) is 6.68. The third-order valence-electron chi connectivity index (χ3n) is 3.76. The molecule has 0 unspecified atom stereocenters. The zero-order chi connectivity index (χ0) is 17.3. The number of rotatable bonds is 5. The number of fused-ring (bicyclic) bond motifs is 1. The van der Waals surface area contributed by atoms with Gasteiger partial charge in [-0.25, -0.2) is 14.6 Å². The van der Waals surface area contributed by atoms with Crippen LogP contribution in [-0.4, -0.2) is 32.2 Å². The highest BCUT2D eigenvalue weighted by atomic mass is 32.1. The standard InChI is InChI=1S/C17H21N5OS/c1-10(2)22-16-15(8-19-22)14(7-11(3)20-16)17(23)18-6-5-13-9-24-12(4)21-13/h7-10H,5-6H2,1-4H3,(H,18,23). The molecular weight excluding hydrogens is 322 g/mol. The highest BCUT2D eigenvalue weighted by Crippen LogP contribution is 2.21. The third-order valence-corrected chi connectivity index (χ3v) is 4.58. The first-order chi connectivity index (χ1) is 11.5. The highest BCUT2D eigenvalue weighted by Gasteiger charge is 2.16. The number of nitrogens with zero attached hydrogens (tertiary/aromatic N) is 4. The van der Waals surface area contributed by atoms with Gasteiger partial charge in [0.25, 0.3) is 5.91 Å². The molecule has 3 aromatic heterocycles. The van der Waals surface area contributed by atoms with Crippen LogP contribution in [0, 0.1) is 13.8 Å². The van der Waals surface area contributed by atoms with Crippen molar-refractivity contribution < 1.29 is 4.79 Å². The van der Waals surface area contributed by atoms with Gasteiger partial charge in [-0.1, -0.05) is 0 Å². The van der Waals surface area contributed by atoms with Gasteiger partial charge in [-0.3, -0.25) is 4.79 Å². The molecule has 0 radical (unpaired) electrons. The monoisotopic (exact) mass is 343 g/mol. The summed E-state index contributed by atoms with van der Waals surface area (Å²) in [4.78, 5) is 21.5. The maximum atomic E-state index is 12.6. The second-order valence-corrected chi connectivity index (χ2v) is 7.16. The van der Waals surface area contributed by atoms with Crippen LogP contribution in [0.4, 0.5) is 0 Å². The molecule has 3 heterocycles. The van der Waals surface area contributed by atoms with Crippen molar-refractivity contribution in [2.75, 3.05) is 6.54 Å². The fraction of sp³-hybridized carbons (Fsp3) is 0.412. The summed E-state index contributed by atoms with van der Waals surface area (Å²) in [6.45, 7) is 8.53. The third kappa shape index (κ3) is 3.31. The Labute approximate surface area is 144 Å². The van der Waals surface area contributed by atoms with Crippen molar-refractivity contribution in [2.45, 2.75) is 40.2 Å². The molecule has 0 atom stereocenters. The number of hydrogen-bond donors (Lipinski definition) is 1. The van der Waals surface area contributed by atoms with Crippen molar-refractivity contribution in [2.24, 2.45) is 0 Å². The summed E-state index contributed by atoms with van der Waals surface area (Å²) < 4.78 is 1.84. The van der Waals surface area contributed by atoms with Crippen molar-refractivity contribution in [1.29, 1.82) is 0 Å². The van der Waals surface area contributed by atoms with Crippen LogP contribution in [0.1, 0.15) is 46.6 Å². The lowest BCUT2D eigenvalue weighted by Gasteiger charge is -2.09. The number of amides is 1. The minimum atomic E-state index is -0.0965. The molecule has 1 amide bonds. The van der Waals surface area contributed by atoms with Gasteiger partial charge in [0, 0.05) is 30.1 Å². The maximum Gasteiger partial charge on any atom is 0.252 e. The molecule has 24 heavy (non-hydrogen) atoms. The van der Waals surface area contributed by atoms with Crippen molar-refractivity contribution in [3.8, 4) is 0 Å². The van der Waals surface area contributed by atoms with Crippen LogP contribution in [0.15, 0.2) is 17.6 Å². The average molecular weight is 343 g/mol. The maximum absolute atomic E-state index is 12.6. The van der Waals surface area contributed by atoms with Gasteiger partial charge in [-0.15, -0.1) is 11.3 Å². The number of nitrogens with one attached hydrogen (secondary N) is 1. The van der Waals surface area contributed by atoms with Gasteiger partial charge in [0.15, 0.2) is 5.65 Å². The molecule has 3 aromatic rings. The van der Waals surface area contributed by atoms with E-state index in [1.807, 2.05) is 43.8 Å². The van der Waals surface area contributed by atoms with Crippen LogP contribution >= 0.6 is 11.3 Å². The van der Waals surface area contributed by atoms with Crippen molar-refractivity contribution in [1.82, 2.24) is 25.1 Å². The molecule has 0 bridgehead atoms. The van der Waals surface area contributed by atoms with E-state index in [-0.39, 0.29) is 11.9 Å². The fourth-order valence-corrected chi connectivity index (χ4v) is 3.28. The van der Waals surface area contributed by atoms with E-state index in [4.69, 9.17) is 0 Å². The first-order valence-electron chi connectivity index (χ1n) is 7.99. The number of hydrogen-bond acceptors (Lipinski definition) is 5. The second-order valence-electron chi connectivity index (χ2n) is 6.10. The zero-order valence-corrected chi connectivity index (χ0v) is 15.1. The number of aryl methyl sites for hydroxylation is 2. The van der Waals surface area contributed by atoms with E-state index in [0.717, 1.165) is 33.8 Å². The van der Waals surface area contributed by atoms with Crippen LogP contribution in [-0.2, 0) is 6.42 Å². The van der Waals surface area contributed by atoms with Crippen molar-refractivity contribution in [3.05, 3.63) is 39.6 Å². The van der Waals surface area contributed by atoms with E-state index in [2.05, 4.69) is 20.4 Å². The first kappa shape index (κ1) is 16.6. The lowest BCUT2D eigenvalue weighted by Crippen LogP contribution is -2.26. The summed E-state index contributed by atoms with van der Waals surface area (Å²) in [7, 11) is 0. The number of carbonyl (C=O) groups excluding carboxylic acids is 1. The van der Waals surface area contributed by atoms with Crippen molar-refractivity contribution in [3.63, 3.8) is 0 Å². The fourth-order valence-electron chi connectivity index (χ4n) is 2.63. The Morgan fingerprint density at radius 1 is 1.33 bits per heavy atom. The summed E-state index contributed by atoms with van der Waals surface area (Å²) in [5, 5.41) is 11.2. The summed E-state index contributed by atoms with van der Waals surface area (Å²) in [6, 6.07) is 2.01. The quantitative estimate of drug-likeness (QED) is 0.773. The molecule has 3 rings (SSSR count). The van der Waals surface area contributed by atoms with E-state index < -0.39 is 0 Å². The SMILES string of the molecule is Cc1cc(C(=O)NCCc2csc(C)n2)c2cnn(C(C)C)c2n1. The summed E-state index contributed by atoms with van der Waals surface area (Å²) in [6.07, 6.45) is 2.45. The van der Waals surface area contributed by atoms with Gasteiger partial charge >= 0.3 is 0 Å². The molecule has 0 aliphatic carbocycles. The Kier molecular flexibility index (Phi) is 4.62. The molecule has 1 N–H and O–H groups in total. The zero-order valence-electron chi connectivity index (χ0n) is 14.3. The minimum Gasteiger partial charge on any atom is -0.352 e. The molecule has 126 valence electrons. The predicted octanol–water partition coefficient (Wildman–Crippen LogP) is 3.06. The topological polar surface area (TPSA) is 72.7 Å². The number of carbonyl (C=O) groups is 1. The van der Waals surface area contributed by atoms with Gasteiger partial charge in [-0.05, 0) is 33.8 Å². The molecular formula is C17H21N5OS. The molecule has 0 saturated carbocycles. The molecule has 0 aliphatic heterocycles. The summed E-state index contributed by atoms with van der Waals surface area (Å²) in [5.74, 6) is -0.0965. The molecule has 0 aliphatic rings. The Bertz CT molecular complexity index is 880. The van der Waals surface area contributed by atoms with Crippen LogP contribution in [0.3, 0.4) is 0 Å². The lowest BCUT2D eigenvalue weighted by atomic mass is 10.1. The molecule has 7 heteroatoms. The number of aromatic nitrogens is 4. The summed E-state index contributed by atoms with van der Waals surface area (Å²) in [5.41, 5.74) is 3.20. The van der Waals surface area contributed by atoms with E-state index in [9.17, 15) is 4.79 Å². The Morgan fingerprint density at radius 2 is 2.12 bits per heavy atom. The molecule has 0 fully saturated rings. The first-order valence-corrected chi connectivity index (χ1v) is 8.87. The van der Waals surface area contributed by atoms with Crippen molar-refractivity contribution >= 4 is 28.3 Å². The predicted molar refractivity (Wildman–Crippen MR) is 95.5 cm³/mol. The van der Waals surface area contributed by atoms with Gasteiger partial charge in [0.05, 0.1) is 27.8 Å². The van der Waals surface area contributed by atoms with Crippen LogP contribution in [0.2, 0.25) is 0 Å². The van der Waals surface area contributed by atoms with E-state index in [1.54, 1.807) is 17.5 Å². The number of pyridine rings is 1. The smallest absolute Gasteiger partial charge is 0.252 e. The van der Waals surface area contributed by atoms with Crippen LogP contribution < -0.4 is 5.32 Å². The van der Waals surface area contributed by atoms with Gasteiger partial charge in [0.1, 0.15) is 0 Å². The highest BCUT2D eigenvalue weighted by molar-refractivity contribution is 7.09. The molecule has 0 aromatic carbocycles.